The molecule has 0 bridgehead atoms. The fourth-order valence-electron chi connectivity index (χ4n) is 5.11. The molecule has 2 aliphatic rings. The molecular formula is C23H24O4. The van der Waals surface area contributed by atoms with Crippen molar-refractivity contribution in [3.8, 4) is 0 Å². The highest BCUT2D eigenvalue weighted by Crippen LogP contribution is 2.53. The first kappa shape index (κ1) is 17.9. The van der Waals surface area contributed by atoms with Gasteiger partial charge in [0, 0.05) is 11.8 Å². The summed E-state index contributed by atoms with van der Waals surface area (Å²) in [5.41, 5.74) is 1.89. The first-order valence-corrected chi connectivity index (χ1v) is 9.48. The summed E-state index contributed by atoms with van der Waals surface area (Å²) in [5, 5.41) is 19.9. The van der Waals surface area contributed by atoms with E-state index in [9.17, 15) is 19.8 Å². The van der Waals surface area contributed by atoms with Crippen LogP contribution in [0.5, 0.6) is 0 Å². The number of ketones is 1. The Morgan fingerprint density at radius 2 is 1.93 bits per heavy atom. The van der Waals surface area contributed by atoms with Crippen molar-refractivity contribution in [3.05, 3.63) is 70.8 Å². The van der Waals surface area contributed by atoms with Crippen molar-refractivity contribution in [2.24, 2.45) is 5.92 Å². The number of aromatic carboxylic acids is 1. The van der Waals surface area contributed by atoms with Crippen LogP contribution in [0.4, 0.5) is 0 Å². The highest BCUT2D eigenvalue weighted by Gasteiger charge is 2.54. The fraction of sp³-hybridized carbons (Fsp3) is 0.391. The number of carboxylic acid groups (broad SMARTS) is 1. The second-order valence-corrected chi connectivity index (χ2v) is 8.31. The molecule has 0 saturated heterocycles. The molecule has 1 fully saturated rings. The molecule has 2 aliphatic carbocycles. The lowest BCUT2D eigenvalue weighted by Crippen LogP contribution is -2.55. The number of hydrogen-bond donors (Lipinski definition) is 2. The molecule has 4 heteroatoms. The summed E-state index contributed by atoms with van der Waals surface area (Å²) in [6.45, 7) is 1.63. The molecule has 4 rings (SSSR count). The number of carbonyl (C=O) groups excluding carboxylic acids is 1. The maximum Gasteiger partial charge on any atom is 0.335 e. The first-order chi connectivity index (χ1) is 12.8. The Morgan fingerprint density at radius 1 is 1.19 bits per heavy atom. The molecule has 140 valence electrons. The Morgan fingerprint density at radius 3 is 2.63 bits per heavy atom. The van der Waals surface area contributed by atoms with Crippen LogP contribution in [-0.2, 0) is 23.1 Å². The molecule has 3 unspecified atom stereocenters. The molecule has 1 saturated carbocycles. The van der Waals surface area contributed by atoms with E-state index in [4.69, 9.17) is 0 Å². The van der Waals surface area contributed by atoms with E-state index in [1.807, 2.05) is 24.3 Å². The van der Waals surface area contributed by atoms with Crippen molar-refractivity contribution in [2.45, 2.75) is 50.0 Å². The summed E-state index contributed by atoms with van der Waals surface area (Å²) in [6.07, 6.45) is 3.10. The molecule has 0 aliphatic heterocycles. The summed E-state index contributed by atoms with van der Waals surface area (Å²) in [7, 11) is 0. The predicted octanol–water partition coefficient (Wildman–Crippen LogP) is 3.54. The summed E-state index contributed by atoms with van der Waals surface area (Å²) < 4.78 is 0. The number of rotatable bonds is 3. The van der Waals surface area contributed by atoms with Gasteiger partial charge in [-0.3, -0.25) is 4.79 Å². The monoisotopic (exact) mass is 364 g/mol. The fourth-order valence-corrected chi connectivity index (χ4v) is 5.11. The molecule has 0 heterocycles. The van der Waals surface area contributed by atoms with E-state index in [1.165, 1.54) is 0 Å². The number of carboxylic acids is 1. The van der Waals surface area contributed by atoms with Crippen LogP contribution in [0.25, 0.3) is 0 Å². The van der Waals surface area contributed by atoms with Gasteiger partial charge in [-0.05, 0) is 67.3 Å². The van der Waals surface area contributed by atoms with Gasteiger partial charge in [0.2, 0.25) is 0 Å². The molecule has 3 atom stereocenters. The zero-order valence-electron chi connectivity index (χ0n) is 15.4. The summed E-state index contributed by atoms with van der Waals surface area (Å²) in [5.74, 6) is -0.863. The van der Waals surface area contributed by atoms with E-state index in [-0.39, 0.29) is 22.7 Å². The lowest BCUT2D eigenvalue weighted by atomic mass is 9.52. The Labute approximate surface area is 158 Å². The molecule has 0 amide bonds. The average molecular weight is 364 g/mol. The Kier molecular flexibility index (Phi) is 4.19. The van der Waals surface area contributed by atoms with Gasteiger partial charge in [0.05, 0.1) is 5.56 Å². The van der Waals surface area contributed by atoms with Crippen molar-refractivity contribution in [1.82, 2.24) is 0 Å². The van der Waals surface area contributed by atoms with Gasteiger partial charge in [-0.25, -0.2) is 4.79 Å². The SMILES string of the molecule is CC1(O)CC2CCc3cc(C(=O)O)ccc3C2(Cc2ccccc2)CC1=O. The molecule has 2 aromatic rings. The van der Waals surface area contributed by atoms with Crippen LogP contribution in [-0.4, -0.2) is 27.6 Å². The average Bonchev–Trinajstić information content (AvgIpc) is 2.63. The second kappa shape index (κ2) is 6.31. The third kappa shape index (κ3) is 2.98. The van der Waals surface area contributed by atoms with E-state index in [2.05, 4.69) is 12.1 Å². The zero-order chi connectivity index (χ0) is 19.2. The lowest BCUT2D eigenvalue weighted by Gasteiger charge is -2.51. The van der Waals surface area contributed by atoms with Crippen molar-refractivity contribution in [1.29, 1.82) is 0 Å². The minimum absolute atomic E-state index is 0.121. The van der Waals surface area contributed by atoms with Crippen LogP contribution in [0.1, 0.15) is 53.2 Å². The number of Topliss-reactive ketones (excluding diaryl/α,β-unsaturated/α-hetero) is 1. The number of carbonyl (C=O) groups is 2. The smallest absolute Gasteiger partial charge is 0.335 e. The summed E-state index contributed by atoms with van der Waals surface area (Å²) in [6, 6.07) is 15.4. The molecule has 4 nitrogen and oxygen atoms in total. The van der Waals surface area contributed by atoms with Gasteiger partial charge in [0.1, 0.15) is 5.60 Å². The molecule has 2 aromatic carbocycles. The largest absolute Gasteiger partial charge is 0.478 e. The zero-order valence-corrected chi connectivity index (χ0v) is 15.4. The third-order valence-electron chi connectivity index (χ3n) is 6.52. The van der Waals surface area contributed by atoms with Gasteiger partial charge < -0.3 is 10.2 Å². The van der Waals surface area contributed by atoms with E-state index < -0.39 is 11.6 Å². The highest BCUT2D eigenvalue weighted by molar-refractivity contribution is 5.90. The van der Waals surface area contributed by atoms with Crippen LogP contribution < -0.4 is 0 Å². The number of aryl methyl sites for hydroxylation is 1. The Hall–Kier alpha value is -2.46. The Bertz CT molecular complexity index is 900. The van der Waals surface area contributed by atoms with Gasteiger partial charge in [-0.1, -0.05) is 36.4 Å². The topological polar surface area (TPSA) is 74.6 Å². The number of hydrogen-bond acceptors (Lipinski definition) is 3. The van der Waals surface area contributed by atoms with E-state index in [0.29, 0.717) is 12.8 Å². The molecule has 0 spiro atoms. The van der Waals surface area contributed by atoms with E-state index >= 15 is 0 Å². The molecule has 0 aromatic heterocycles. The summed E-state index contributed by atoms with van der Waals surface area (Å²) >= 11 is 0. The first-order valence-electron chi connectivity index (χ1n) is 9.48. The predicted molar refractivity (Wildman–Crippen MR) is 102 cm³/mol. The summed E-state index contributed by atoms with van der Waals surface area (Å²) in [4.78, 5) is 24.2. The van der Waals surface area contributed by atoms with Crippen molar-refractivity contribution in [2.75, 3.05) is 0 Å². The highest BCUT2D eigenvalue weighted by atomic mass is 16.4. The van der Waals surface area contributed by atoms with E-state index in [0.717, 1.165) is 36.0 Å². The maximum absolute atomic E-state index is 12.8. The van der Waals surface area contributed by atoms with Crippen molar-refractivity contribution in [3.63, 3.8) is 0 Å². The maximum atomic E-state index is 12.8. The minimum atomic E-state index is -1.27. The van der Waals surface area contributed by atoms with Gasteiger partial charge in [0.15, 0.2) is 5.78 Å². The van der Waals surface area contributed by atoms with Crippen LogP contribution in [0.3, 0.4) is 0 Å². The van der Waals surface area contributed by atoms with Gasteiger partial charge in [-0.2, -0.15) is 0 Å². The van der Waals surface area contributed by atoms with Crippen LogP contribution in [0.15, 0.2) is 48.5 Å². The van der Waals surface area contributed by atoms with Crippen molar-refractivity contribution >= 4 is 11.8 Å². The van der Waals surface area contributed by atoms with Gasteiger partial charge in [-0.15, -0.1) is 0 Å². The van der Waals surface area contributed by atoms with Gasteiger partial charge in [0.25, 0.3) is 0 Å². The lowest BCUT2D eigenvalue weighted by molar-refractivity contribution is -0.146. The normalized spacial score (nSPS) is 29.7. The Balaban J connectivity index is 1.85. The number of benzene rings is 2. The quantitative estimate of drug-likeness (QED) is 0.874. The molecule has 0 radical (unpaired) electrons. The second-order valence-electron chi connectivity index (χ2n) is 8.31. The minimum Gasteiger partial charge on any atom is -0.478 e. The third-order valence-corrected chi connectivity index (χ3v) is 6.52. The van der Waals surface area contributed by atoms with Crippen LogP contribution >= 0.6 is 0 Å². The van der Waals surface area contributed by atoms with Crippen LogP contribution in [0, 0.1) is 5.92 Å². The van der Waals surface area contributed by atoms with Crippen molar-refractivity contribution < 1.29 is 19.8 Å². The number of aliphatic hydroxyl groups is 1. The molecule has 27 heavy (non-hydrogen) atoms. The van der Waals surface area contributed by atoms with Gasteiger partial charge >= 0.3 is 5.97 Å². The molecule has 2 N–H and O–H groups in total. The molecular weight excluding hydrogens is 340 g/mol. The standard InChI is InChI=1S/C23H24O4/c1-22(27)13-18-9-7-16-11-17(21(25)26)8-10-19(16)23(18,14-20(22)24)12-15-5-3-2-4-6-15/h2-6,8,10-11,18,27H,7,9,12-14H2,1H3,(H,25,26). The van der Waals surface area contributed by atoms with E-state index in [1.54, 1.807) is 19.1 Å². The number of fused-ring (bicyclic) bond motifs is 3. The van der Waals surface area contributed by atoms with Crippen LogP contribution in [0.2, 0.25) is 0 Å².